The average molecular weight is 290 g/mol. The fourth-order valence-electron chi connectivity index (χ4n) is 3.12. The van der Waals surface area contributed by atoms with Gasteiger partial charge >= 0.3 is 0 Å². The monoisotopic (exact) mass is 290 g/mol. The van der Waals surface area contributed by atoms with Crippen molar-refractivity contribution in [1.29, 1.82) is 0 Å². The normalized spacial score (nSPS) is 22.9. The molecule has 2 unspecified atom stereocenters. The number of pyridine rings is 1. The minimum absolute atomic E-state index is 0.0332. The van der Waals surface area contributed by atoms with E-state index in [1.54, 1.807) is 0 Å². The van der Waals surface area contributed by atoms with E-state index in [1.807, 2.05) is 37.6 Å². The molecule has 2 atom stereocenters. The molecule has 4 nitrogen and oxygen atoms in total. The van der Waals surface area contributed by atoms with E-state index in [9.17, 15) is 8.42 Å². The zero-order chi connectivity index (χ0) is 14.2. The molecule has 0 amide bonds. The number of nitrogens with zero attached hydrogens (tertiary/aromatic N) is 1. The number of rotatable bonds is 3. The number of benzene rings is 1. The van der Waals surface area contributed by atoms with Crippen LogP contribution in [0.2, 0.25) is 0 Å². The maximum Gasteiger partial charge on any atom is 0.150 e. The Hall–Kier alpha value is -1.46. The third kappa shape index (κ3) is 2.43. The summed E-state index contributed by atoms with van der Waals surface area (Å²) in [6.45, 7) is 0. The Bertz CT molecular complexity index is 722. The van der Waals surface area contributed by atoms with Gasteiger partial charge < -0.3 is 5.32 Å². The lowest BCUT2D eigenvalue weighted by Crippen LogP contribution is -2.26. The molecule has 1 aliphatic rings. The number of hydrogen-bond donors (Lipinski definition) is 1. The van der Waals surface area contributed by atoms with Gasteiger partial charge in [0.25, 0.3) is 0 Å². The lowest BCUT2D eigenvalue weighted by molar-refractivity contribution is 0.420. The molecular weight excluding hydrogens is 272 g/mol. The van der Waals surface area contributed by atoms with Gasteiger partial charge in [0.1, 0.15) is 0 Å². The zero-order valence-electron chi connectivity index (χ0n) is 11.4. The van der Waals surface area contributed by atoms with E-state index in [0.29, 0.717) is 5.75 Å². The summed E-state index contributed by atoms with van der Waals surface area (Å²) in [6, 6.07) is 8.13. The summed E-state index contributed by atoms with van der Waals surface area (Å²) >= 11 is 0. The van der Waals surface area contributed by atoms with Gasteiger partial charge in [-0.25, -0.2) is 8.42 Å². The van der Waals surface area contributed by atoms with Gasteiger partial charge in [0.15, 0.2) is 9.84 Å². The van der Waals surface area contributed by atoms with E-state index in [4.69, 9.17) is 0 Å². The molecule has 2 aromatic rings. The van der Waals surface area contributed by atoms with Crippen LogP contribution in [0.25, 0.3) is 10.8 Å². The second-order valence-electron chi connectivity index (χ2n) is 5.38. The third-order valence-electron chi connectivity index (χ3n) is 4.08. The summed E-state index contributed by atoms with van der Waals surface area (Å²) in [5.41, 5.74) is 1.09. The molecule has 1 saturated heterocycles. The van der Waals surface area contributed by atoms with Crippen LogP contribution in [-0.2, 0) is 9.84 Å². The molecule has 1 aliphatic heterocycles. The molecule has 0 radical (unpaired) electrons. The number of aromatic nitrogens is 1. The van der Waals surface area contributed by atoms with Crippen molar-refractivity contribution in [2.75, 3.05) is 18.6 Å². The van der Waals surface area contributed by atoms with Crippen LogP contribution in [0.3, 0.4) is 0 Å². The summed E-state index contributed by atoms with van der Waals surface area (Å²) in [5, 5.41) is 5.52. The minimum atomic E-state index is -2.87. The predicted octanol–water partition coefficient (Wildman–Crippen LogP) is 1.93. The first-order chi connectivity index (χ1) is 9.61. The number of sulfone groups is 1. The highest BCUT2D eigenvalue weighted by atomic mass is 32.2. The number of fused-ring (bicyclic) bond motifs is 1. The lowest BCUT2D eigenvalue weighted by atomic mass is 9.91. The van der Waals surface area contributed by atoms with Crippen molar-refractivity contribution in [2.24, 2.45) is 5.92 Å². The van der Waals surface area contributed by atoms with E-state index >= 15 is 0 Å². The van der Waals surface area contributed by atoms with E-state index in [2.05, 4.69) is 16.4 Å². The molecule has 1 aromatic carbocycles. The van der Waals surface area contributed by atoms with Gasteiger partial charge in [-0.3, -0.25) is 4.98 Å². The van der Waals surface area contributed by atoms with Crippen molar-refractivity contribution >= 4 is 20.6 Å². The Kier molecular flexibility index (Phi) is 3.48. The van der Waals surface area contributed by atoms with Crippen molar-refractivity contribution in [2.45, 2.75) is 12.5 Å². The molecule has 3 rings (SSSR count). The highest BCUT2D eigenvalue weighted by Gasteiger charge is 2.34. The first-order valence-corrected chi connectivity index (χ1v) is 8.63. The lowest BCUT2D eigenvalue weighted by Gasteiger charge is -2.23. The topological polar surface area (TPSA) is 59.1 Å². The van der Waals surface area contributed by atoms with E-state index < -0.39 is 9.84 Å². The predicted molar refractivity (Wildman–Crippen MR) is 80.3 cm³/mol. The Balaban J connectivity index is 2.04. The summed E-state index contributed by atoms with van der Waals surface area (Å²) in [5.74, 6) is 0.688. The van der Waals surface area contributed by atoms with Gasteiger partial charge in [-0.2, -0.15) is 0 Å². The molecule has 0 bridgehead atoms. The molecule has 1 N–H and O–H groups in total. The molecule has 2 heterocycles. The van der Waals surface area contributed by atoms with Crippen LogP contribution < -0.4 is 5.32 Å². The van der Waals surface area contributed by atoms with Crippen molar-refractivity contribution in [3.8, 4) is 0 Å². The maximum atomic E-state index is 11.7. The number of nitrogens with one attached hydrogen (secondary N) is 1. The van der Waals surface area contributed by atoms with Gasteiger partial charge in [-0.15, -0.1) is 0 Å². The molecule has 0 spiro atoms. The van der Waals surface area contributed by atoms with Crippen molar-refractivity contribution in [1.82, 2.24) is 10.3 Å². The SMILES string of the molecule is CNC(c1cncc2ccccc12)C1CCS(=O)(=O)C1. The zero-order valence-corrected chi connectivity index (χ0v) is 12.2. The van der Waals surface area contributed by atoms with E-state index in [0.717, 1.165) is 22.8 Å². The first-order valence-electron chi connectivity index (χ1n) is 6.81. The van der Waals surface area contributed by atoms with Crippen LogP contribution in [-0.4, -0.2) is 32.0 Å². The van der Waals surface area contributed by atoms with Crippen LogP contribution in [0.4, 0.5) is 0 Å². The van der Waals surface area contributed by atoms with Crippen molar-refractivity contribution < 1.29 is 8.42 Å². The van der Waals surface area contributed by atoms with Crippen LogP contribution in [0, 0.1) is 5.92 Å². The summed E-state index contributed by atoms with van der Waals surface area (Å²) in [6.07, 6.45) is 4.42. The van der Waals surface area contributed by atoms with Crippen LogP contribution in [0.5, 0.6) is 0 Å². The highest BCUT2D eigenvalue weighted by Crippen LogP contribution is 2.34. The summed E-state index contributed by atoms with van der Waals surface area (Å²) in [4.78, 5) is 4.30. The Morgan fingerprint density at radius 2 is 2.10 bits per heavy atom. The highest BCUT2D eigenvalue weighted by molar-refractivity contribution is 7.91. The molecule has 5 heteroatoms. The second kappa shape index (κ2) is 5.14. The van der Waals surface area contributed by atoms with Crippen molar-refractivity contribution in [3.05, 3.63) is 42.2 Å². The Morgan fingerprint density at radius 3 is 2.80 bits per heavy atom. The minimum Gasteiger partial charge on any atom is -0.313 e. The van der Waals surface area contributed by atoms with Gasteiger partial charge in [0.05, 0.1) is 11.5 Å². The molecule has 1 aromatic heterocycles. The molecule has 1 fully saturated rings. The second-order valence-corrected chi connectivity index (χ2v) is 7.61. The summed E-state index contributed by atoms with van der Waals surface area (Å²) in [7, 11) is -0.986. The van der Waals surface area contributed by atoms with Crippen molar-refractivity contribution in [3.63, 3.8) is 0 Å². The van der Waals surface area contributed by atoms with Crippen LogP contribution >= 0.6 is 0 Å². The fraction of sp³-hybridized carbons (Fsp3) is 0.400. The molecule has 20 heavy (non-hydrogen) atoms. The molecular formula is C15H18N2O2S. The molecule has 106 valence electrons. The van der Waals surface area contributed by atoms with Gasteiger partial charge in [-0.05, 0) is 30.3 Å². The largest absolute Gasteiger partial charge is 0.313 e. The van der Waals surface area contributed by atoms with Gasteiger partial charge in [0.2, 0.25) is 0 Å². The molecule has 0 saturated carbocycles. The van der Waals surface area contributed by atoms with Crippen LogP contribution in [0.1, 0.15) is 18.0 Å². The standard InChI is InChI=1S/C15H18N2O2S/c1-16-15(12-6-7-20(18,19)10-12)14-9-17-8-11-4-2-3-5-13(11)14/h2-5,8-9,12,15-16H,6-7,10H2,1H3. The first kappa shape index (κ1) is 13.5. The third-order valence-corrected chi connectivity index (χ3v) is 5.88. The maximum absolute atomic E-state index is 11.7. The number of hydrogen-bond acceptors (Lipinski definition) is 4. The van der Waals surface area contributed by atoms with Gasteiger partial charge in [0, 0.05) is 23.8 Å². The van der Waals surface area contributed by atoms with E-state index in [1.165, 1.54) is 0 Å². The average Bonchev–Trinajstić information content (AvgIpc) is 2.80. The molecule has 0 aliphatic carbocycles. The van der Waals surface area contributed by atoms with Gasteiger partial charge in [-0.1, -0.05) is 24.3 Å². The fourth-order valence-corrected chi connectivity index (χ4v) is 4.96. The van der Waals surface area contributed by atoms with E-state index in [-0.39, 0.29) is 17.7 Å². The quantitative estimate of drug-likeness (QED) is 0.938. The van der Waals surface area contributed by atoms with Crippen LogP contribution in [0.15, 0.2) is 36.7 Å². The summed E-state index contributed by atoms with van der Waals surface area (Å²) < 4.78 is 23.4. The smallest absolute Gasteiger partial charge is 0.150 e. The Labute approximate surface area is 119 Å². The Morgan fingerprint density at radius 1 is 1.30 bits per heavy atom.